The molecule has 0 saturated carbocycles. The Morgan fingerprint density at radius 3 is 2.88 bits per heavy atom. The lowest BCUT2D eigenvalue weighted by Crippen LogP contribution is -2.30. The number of aliphatic hydroxyl groups is 1. The van der Waals surface area contributed by atoms with Gasteiger partial charge in [-0.05, 0) is 12.1 Å². The molecule has 0 bridgehead atoms. The molecule has 1 aromatic rings. The predicted octanol–water partition coefficient (Wildman–Crippen LogP) is 0.705. The fourth-order valence-electron chi connectivity index (χ4n) is 1.62. The van der Waals surface area contributed by atoms with E-state index in [2.05, 4.69) is 0 Å². The van der Waals surface area contributed by atoms with E-state index >= 15 is 0 Å². The minimum atomic E-state index is -0.659. The van der Waals surface area contributed by atoms with Crippen LogP contribution in [0.25, 0.3) is 0 Å². The quantitative estimate of drug-likeness (QED) is 0.835. The van der Waals surface area contributed by atoms with Gasteiger partial charge >= 0.3 is 0 Å². The van der Waals surface area contributed by atoms with E-state index in [1.165, 1.54) is 0 Å². The van der Waals surface area contributed by atoms with Gasteiger partial charge in [0.25, 0.3) is 0 Å². The van der Waals surface area contributed by atoms with Crippen molar-refractivity contribution in [3.8, 4) is 17.6 Å². The Hall–Kier alpha value is -1.77. The largest absolute Gasteiger partial charge is 0.497 e. The lowest BCUT2D eigenvalue weighted by Gasteiger charge is -2.16. The lowest BCUT2D eigenvalue weighted by molar-refractivity contribution is 0.0730. The third kappa shape index (κ3) is 2.49. The van der Waals surface area contributed by atoms with Crippen molar-refractivity contribution in [1.29, 1.82) is 5.26 Å². The molecule has 0 amide bonds. The summed E-state index contributed by atoms with van der Waals surface area (Å²) in [5.41, 5.74) is 0.407. The van der Waals surface area contributed by atoms with Crippen LogP contribution in [0.4, 0.5) is 0 Å². The standard InChI is InChI=1S/C12H13NO4/c1-15-9-3-2-8(5-13)11(4-9)17-12-7-16-6-10(12)14/h2-4,10,12,14H,6-7H2,1H3. The summed E-state index contributed by atoms with van der Waals surface area (Å²) < 4.78 is 15.7. The van der Waals surface area contributed by atoms with E-state index in [1.54, 1.807) is 25.3 Å². The van der Waals surface area contributed by atoms with Crippen LogP contribution in [0, 0.1) is 11.3 Å². The van der Waals surface area contributed by atoms with E-state index in [4.69, 9.17) is 19.5 Å². The third-order valence-corrected chi connectivity index (χ3v) is 2.59. The summed E-state index contributed by atoms with van der Waals surface area (Å²) in [7, 11) is 1.54. The Balaban J connectivity index is 2.21. The fourth-order valence-corrected chi connectivity index (χ4v) is 1.62. The molecule has 2 atom stereocenters. The second kappa shape index (κ2) is 5.04. The average molecular weight is 235 g/mol. The van der Waals surface area contributed by atoms with Crippen LogP contribution in [0.5, 0.6) is 11.5 Å². The highest BCUT2D eigenvalue weighted by atomic mass is 16.6. The van der Waals surface area contributed by atoms with Crippen molar-refractivity contribution in [2.45, 2.75) is 12.2 Å². The molecular weight excluding hydrogens is 222 g/mol. The second-order valence-electron chi connectivity index (χ2n) is 3.74. The van der Waals surface area contributed by atoms with Gasteiger partial charge in [0.15, 0.2) is 0 Å². The molecule has 90 valence electrons. The van der Waals surface area contributed by atoms with Crippen LogP contribution >= 0.6 is 0 Å². The SMILES string of the molecule is COc1ccc(C#N)c(OC2COCC2O)c1. The number of nitriles is 1. The van der Waals surface area contributed by atoms with Crippen molar-refractivity contribution in [2.75, 3.05) is 20.3 Å². The number of ether oxygens (including phenoxy) is 3. The Morgan fingerprint density at radius 2 is 2.29 bits per heavy atom. The van der Waals surface area contributed by atoms with Gasteiger partial charge in [0.2, 0.25) is 0 Å². The average Bonchev–Trinajstić information content (AvgIpc) is 2.75. The van der Waals surface area contributed by atoms with E-state index in [0.717, 1.165) is 0 Å². The molecule has 1 heterocycles. The first-order chi connectivity index (χ1) is 8.24. The first-order valence-electron chi connectivity index (χ1n) is 5.25. The minimum Gasteiger partial charge on any atom is -0.497 e. The van der Waals surface area contributed by atoms with Gasteiger partial charge in [-0.3, -0.25) is 0 Å². The molecule has 1 aliphatic heterocycles. The number of hydrogen-bond donors (Lipinski definition) is 1. The van der Waals surface area contributed by atoms with Gasteiger partial charge in [-0.1, -0.05) is 0 Å². The van der Waals surface area contributed by atoms with E-state index in [-0.39, 0.29) is 6.61 Å². The van der Waals surface area contributed by atoms with Crippen LogP contribution in [0.3, 0.4) is 0 Å². The summed E-state index contributed by atoms with van der Waals surface area (Å²) >= 11 is 0. The lowest BCUT2D eigenvalue weighted by atomic mass is 10.2. The Morgan fingerprint density at radius 1 is 1.47 bits per heavy atom. The smallest absolute Gasteiger partial charge is 0.150 e. The highest BCUT2D eigenvalue weighted by Crippen LogP contribution is 2.26. The van der Waals surface area contributed by atoms with E-state index in [9.17, 15) is 5.11 Å². The number of hydrogen-bond acceptors (Lipinski definition) is 5. The molecule has 1 aromatic carbocycles. The van der Waals surface area contributed by atoms with Crippen LogP contribution in [0.1, 0.15) is 5.56 Å². The highest BCUT2D eigenvalue weighted by molar-refractivity contribution is 5.47. The van der Waals surface area contributed by atoms with E-state index in [0.29, 0.717) is 23.7 Å². The molecule has 5 nitrogen and oxygen atoms in total. The van der Waals surface area contributed by atoms with Crippen molar-refractivity contribution in [1.82, 2.24) is 0 Å². The molecule has 0 spiro atoms. The van der Waals surface area contributed by atoms with Crippen LogP contribution in [-0.4, -0.2) is 37.6 Å². The first kappa shape index (κ1) is 11.7. The normalized spacial score (nSPS) is 23.1. The zero-order valence-corrected chi connectivity index (χ0v) is 9.42. The molecule has 0 aromatic heterocycles. The van der Waals surface area contributed by atoms with Crippen molar-refractivity contribution in [2.24, 2.45) is 0 Å². The van der Waals surface area contributed by atoms with Crippen LogP contribution in [0.15, 0.2) is 18.2 Å². The molecule has 1 N–H and O–H groups in total. The minimum absolute atomic E-state index is 0.260. The second-order valence-corrected chi connectivity index (χ2v) is 3.74. The molecule has 1 aliphatic rings. The van der Waals surface area contributed by atoms with Gasteiger partial charge in [-0.2, -0.15) is 5.26 Å². The van der Waals surface area contributed by atoms with Crippen molar-refractivity contribution >= 4 is 0 Å². The molecule has 17 heavy (non-hydrogen) atoms. The highest BCUT2D eigenvalue weighted by Gasteiger charge is 2.28. The fraction of sp³-hybridized carbons (Fsp3) is 0.417. The van der Waals surface area contributed by atoms with Crippen LogP contribution in [-0.2, 0) is 4.74 Å². The summed E-state index contributed by atoms with van der Waals surface area (Å²) in [6.07, 6.45) is -1.10. The summed E-state index contributed by atoms with van der Waals surface area (Å²) in [4.78, 5) is 0. The van der Waals surface area contributed by atoms with Gasteiger partial charge in [0.05, 0.1) is 25.9 Å². The summed E-state index contributed by atoms with van der Waals surface area (Å²) in [6.45, 7) is 0.583. The summed E-state index contributed by atoms with van der Waals surface area (Å²) in [5.74, 6) is 1.01. The van der Waals surface area contributed by atoms with Crippen LogP contribution < -0.4 is 9.47 Å². The van der Waals surface area contributed by atoms with Gasteiger partial charge in [-0.25, -0.2) is 0 Å². The zero-order valence-electron chi connectivity index (χ0n) is 9.42. The maximum absolute atomic E-state index is 9.58. The number of nitrogens with zero attached hydrogens (tertiary/aromatic N) is 1. The van der Waals surface area contributed by atoms with E-state index < -0.39 is 12.2 Å². The predicted molar refractivity (Wildman–Crippen MR) is 59.0 cm³/mol. The molecule has 2 unspecified atom stereocenters. The summed E-state index contributed by atoms with van der Waals surface area (Å²) in [6, 6.07) is 6.97. The molecular formula is C12H13NO4. The summed E-state index contributed by atoms with van der Waals surface area (Å²) in [5, 5.41) is 18.5. The van der Waals surface area contributed by atoms with Gasteiger partial charge in [-0.15, -0.1) is 0 Å². The topological polar surface area (TPSA) is 71.7 Å². The molecule has 2 rings (SSSR count). The van der Waals surface area contributed by atoms with Crippen LogP contribution in [0.2, 0.25) is 0 Å². The Kier molecular flexibility index (Phi) is 3.47. The van der Waals surface area contributed by atoms with E-state index in [1.807, 2.05) is 6.07 Å². The van der Waals surface area contributed by atoms with Gasteiger partial charge in [0.1, 0.15) is 29.8 Å². The molecule has 5 heteroatoms. The number of rotatable bonds is 3. The molecule has 0 aliphatic carbocycles. The number of aliphatic hydroxyl groups excluding tert-OH is 1. The zero-order chi connectivity index (χ0) is 12.3. The maximum Gasteiger partial charge on any atom is 0.150 e. The van der Waals surface area contributed by atoms with Gasteiger partial charge < -0.3 is 19.3 Å². The van der Waals surface area contributed by atoms with Crippen molar-refractivity contribution < 1.29 is 19.3 Å². The number of methoxy groups -OCH3 is 1. The Bertz CT molecular complexity index is 441. The van der Waals surface area contributed by atoms with Gasteiger partial charge in [0, 0.05) is 6.07 Å². The monoisotopic (exact) mass is 235 g/mol. The molecule has 1 fully saturated rings. The molecule has 0 radical (unpaired) electrons. The molecule has 1 saturated heterocycles. The van der Waals surface area contributed by atoms with Crippen molar-refractivity contribution in [3.05, 3.63) is 23.8 Å². The number of benzene rings is 1. The van der Waals surface area contributed by atoms with Crippen molar-refractivity contribution in [3.63, 3.8) is 0 Å². The first-order valence-corrected chi connectivity index (χ1v) is 5.25. The maximum atomic E-state index is 9.58. The Labute approximate surface area is 99.1 Å². The third-order valence-electron chi connectivity index (χ3n) is 2.59.